The summed E-state index contributed by atoms with van der Waals surface area (Å²) in [6.45, 7) is 1.75. The van der Waals surface area contributed by atoms with Gasteiger partial charge in [-0.25, -0.2) is 9.20 Å². The van der Waals surface area contributed by atoms with Gasteiger partial charge in [0.2, 0.25) is 0 Å². The predicted molar refractivity (Wildman–Crippen MR) is 55.9 cm³/mol. The molecule has 3 rings (SSSR count). The number of aromatic amines is 1. The number of hydrogen-bond donors (Lipinski definition) is 1. The van der Waals surface area contributed by atoms with Crippen LogP contribution >= 0.6 is 0 Å². The molecule has 0 atom stereocenters. The van der Waals surface area contributed by atoms with Crippen molar-refractivity contribution in [2.45, 2.75) is 6.92 Å². The van der Waals surface area contributed by atoms with Crippen molar-refractivity contribution >= 4 is 16.6 Å². The van der Waals surface area contributed by atoms with Gasteiger partial charge in [-0.1, -0.05) is 12.1 Å². The summed E-state index contributed by atoms with van der Waals surface area (Å²) in [6, 6.07) is 7.54. The fourth-order valence-corrected chi connectivity index (χ4v) is 1.74. The zero-order chi connectivity index (χ0) is 10.4. The lowest BCUT2D eigenvalue weighted by Gasteiger charge is -1.98. The first kappa shape index (κ1) is 8.16. The lowest BCUT2D eigenvalue weighted by atomic mass is 10.2. The quantitative estimate of drug-likeness (QED) is 0.586. The molecule has 2 aromatic heterocycles. The first-order valence-electron chi connectivity index (χ1n) is 4.60. The number of H-pyrrole nitrogens is 1. The van der Waals surface area contributed by atoms with Crippen LogP contribution in [0.1, 0.15) is 5.82 Å². The molecule has 0 aliphatic rings. The molecule has 0 spiro atoms. The molecular weight excluding hydrogens is 192 g/mol. The van der Waals surface area contributed by atoms with Crippen molar-refractivity contribution in [3.8, 4) is 0 Å². The smallest absolute Gasteiger partial charge is 0.306 e. The Morgan fingerprint density at radius 2 is 2.07 bits per heavy atom. The van der Waals surface area contributed by atoms with Crippen LogP contribution in [0.2, 0.25) is 0 Å². The van der Waals surface area contributed by atoms with Crippen LogP contribution in [0, 0.1) is 6.92 Å². The zero-order valence-corrected chi connectivity index (χ0v) is 8.06. The second-order valence-corrected chi connectivity index (χ2v) is 3.38. The Morgan fingerprint density at radius 1 is 1.27 bits per heavy atom. The first-order chi connectivity index (χ1) is 7.27. The van der Waals surface area contributed by atoms with E-state index >= 15 is 0 Å². The van der Waals surface area contributed by atoms with Gasteiger partial charge in [-0.05, 0) is 19.1 Å². The van der Waals surface area contributed by atoms with E-state index in [2.05, 4.69) is 15.2 Å². The highest BCUT2D eigenvalue weighted by atomic mass is 16.1. The highest BCUT2D eigenvalue weighted by molar-refractivity contribution is 5.90. The maximum atomic E-state index is 11.7. The number of aryl methyl sites for hydroxylation is 1. The van der Waals surface area contributed by atoms with Crippen molar-refractivity contribution in [3.63, 3.8) is 0 Å². The Labute approximate surface area is 84.4 Å². The van der Waals surface area contributed by atoms with E-state index in [1.54, 1.807) is 6.92 Å². The molecule has 1 N–H and O–H groups in total. The van der Waals surface area contributed by atoms with Crippen LogP contribution in [0.15, 0.2) is 29.1 Å². The Kier molecular flexibility index (Phi) is 1.45. The van der Waals surface area contributed by atoms with Crippen molar-refractivity contribution < 1.29 is 0 Å². The number of nitrogens with one attached hydrogen (secondary N) is 1. The summed E-state index contributed by atoms with van der Waals surface area (Å²) in [6.07, 6.45) is 0. The third-order valence-electron chi connectivity index (χ3n) is 2.44. The fraction of sp³-hybridized carbons (Fsp3) is 0.100. The lowest BCUT2D eigenvalue weighted by Crippen LogP contribution is -2.17. The molecule has 0 aliphatic heterocycles. The molecule has 0 aliphatic carbocycles. The number of fused-ring (bicyclic) bond motifs is 3. The van der Waals surface area contributed by atoms with Crippen LogP contribution in [0.4, 0.5) is 0 Å². The van der Waals surface area contributed by atoms with Gasteiger partial charge in [-0.2, -0.15) is 0 Å². The molecule has 0 fully saturated rings. The standard InChI is InChI=1S/C10H8N4O/c1-6-12-13-9-7-4-2-3-5-8(7)11-10(15)14(6)9/h2-5H,1H3,(H,11,15). The highest BCUT2D eigenvalue weighted by Crippen LogP contribution is 2.13. The maximum Gasteiger partial charge on any atom is 0.333 e. The second kappa shape index (κ2) is 2.66. The van der Waals surface area contributed by atoms with E-state index in [-0.39, 0.29) is 5.69 Å². The average molecular weight is 200 g/mol. The summed E-state index contributed by atoms with van der Waals surface area (Å²) in [7, 11) is 0. The monoisotopic (exact) mass is 200 g/mol. The summed E-state index contributed by atoms with van der Waals surface area (Å²) in [5, 5.41) is 8.80. The molecule has 74 valence electrons. The molecule has 1 aromatic carbocycles. The van der Waals surface area contributed by atoms with Gasteiger partial charge in [0, 0.05) is 5.39 Å². The van der Waals surface area contributed by atoms with Crippen molar-refractivity contribution in [1.82, 2.24) is 19.6 Å². The fourth-order valence-electron chi connectivity index (χ4n) is 1.74. The topological polar surface area (TPSA) is 63.0 Å². The summed E-state index contributed by atoms with van der Waals surface area (Å²) >= 11 is 0. The van der Waals surface area contributed by atoms with Crippen molar-refractivity contribution in [1.29, 1.82) is 0 Å². The minimum absolute atomic E-state index is 0.203. The molecular formula is C10H8N4O. The second-order valence-electron chi connectivity index (χ2n) is 3.38. The van der Waals surface area contributed by atoms with Gasteiger partial charge in [0.25, 0.3) is 0 Å². The van der Waals surface area contributed by atoms with Crippen molar-refractivity contribution in [2.75, 3.05) is 0 Å². The summed E-state index contributed by atoms with van der Waals surface area (Å²) in [4.78, 5) is 14.5. The van der Waals surface area contributed by atoms with E-state index in [0.717, 1.165) is 10.9 Å². The number of aromatic nitrogens is 4. The minimum Gasteiger partial charge on any atom is -0.306 e. The number of benzene rings is 1. The average Bonchev–Trinajstić information content (AvgIpc) is 2.62. The molecule has 5 heteroatoms. The van der Waals surface area contributed by atoms with Gasteiger partial charge in [0.05, 0.1) is 5.52 Å². The predicted octanol–water partition coefficient (Wildman–Crippen LogP) is 0.879. The van der Waals surface area contributed by atoms with E-state index in [4.69, 9.17) is 0 Å². The number of nitrogens with zero attached hydrogens (tertiary/aromatic N) is 3. The van der Waals surface area contributed by atoms with E-state index in [1.165, 1.54) is 4.40 Å². The zero-order valence-electron chi connectivity index (χ0n) is 8.06. The minimum atomic E-state index is -0.203. The largest absolute Gasteiger partial charge is 0.333 e. The Morgan fingerprint density at radius 3 is 2.93 bits per heavy atom. The Balaban J connectivity index is 2.71. The van der Waals surface area contributed by atoms with Crippen molar-refractivity contribution in [3.05, 3.63) is 40.6 Å². The van der Waals surface area contributed by atoms with Gasteiger partial charge in [-0.3, -0.25) is 0 Å². The van der Waals surface area contributed by atoms with Gasteiger partial charge in [0.15, 0.2) is 5.65 Å². The van der Waals surface area contributed by atoms with Crippen LogP contribution in [0.25, 0.3) is 16.6 Å². The molecule has 0 bridgehead atoms. The molecule has 15 heavy (non-hydrogen) atoms. The third kappa shape index (κ3) is 0.999. The van der Waals surface area contributed by atoms with Crippen LogP contribution in [0.5, 0.6) is 0 Å². The number of hydrogen-bond acceptors (Lipinski definition) is 3. The molecule has 0 saturated heterocycles. The molecule has 2 heterocycles. The van der Waals surface area contributed by atoms with Gasteiger partial charge in [0.1, 0.15) is 5.82 Å². The summed E-state index contributed by atoms with van der Waals surface area (Å²) in [5.74, 6) is 0.594. The molecule has 0 unspecified atom stereocenters. The number of para-hydroxylation sites is 1. The third-order valence-corrected chi connectivity index (χ3v) is 2.44. The molecule has 0 amide bonds. The highest BCUT2D eigenvalue weighted by Gasteiger charge is 2.08. The summed E-state index contributed by atoms with van der Waals surface area (Å²) < 4.78 is 1.47. The van der Waals surface area contributed by atoms with Gasteiger partial charge in [-0.15, -0.1) is 10.2 Å². The Hall–Kier alpha value is -2.17. The van der Waals surface area contributed by atoms with Crippen LogP contribution in [-0.2, 0) is 0 Å². The van der Waals surface area contributed by atoms with E-state index in [1.807, 2.05) is 24.3 Å². The number of rotatable bonds is 0. The van der Waals surface area contributed by atoms with E-state index < -0.39 is 0 Å². The molecule has 5 nitrogen and oxygen atoms in total. The lowest BCUT2D eigenvalue weighted by molar-refractivity contribution is 0.948. The molecule has 3 aromatic rings. The molecule has 0 saturated carbocycles. The Bertz CT molecular complexity index is 710. The van der Waals surface area contributed by atoms with E-state index in [9.17, 15) is 4.79 Å². The van der Waals surface area contributed by atoms with Gasteiger partial charge < -0.3 is 4.98 Å². The maximum absolute atomic E-state index is 11.7. The van der Waals surface area contributed by atoms with Crippen molar-refractivity contribution in [2.24, 2.45) is 0 Å². The first-order valence-corrected chi connectivity index (χ1v) is 4.60. The van der Waals surface area contributed by atoms with Crippen LogP contribution in [-0.4, -0.2) is 19.6 Å². The summed E-state index contributed by atoms with van der Waals surface area (Å²) in [5.41, 5.74) is 1.18. The van der Waals surface area contributed by atoms with Crippen LogP contribution < -0.4 is 5.69 Å². The van der Waals surface area contributed by atoms with E-state index in [0.29, 0.717) is 11.5 Å². The molecule has 0 radical (unpaired) electrons. The van der Waals surface area contributed by atoms with Crippen LogP contribution in [0.3, 0.4) is 0 Å². The van der Waals surface area contributed by atoms with Gasteiger partial charge >= 0.3 is 5.69 Å². The SMILES string of the molecule is Cc1nnc2c3ccccc3[nH]c(=O)n12. The normalized spacial score (nSPS) is 11.3.